The van der Waals surface area contributed by atoms with Crippen LogP contribution in [0.5, 0.6) is 0 Å². The molecule has 4 aromatic rings. The highest BCUT2D eigenvalue weighted by Gasteiger charge is 2.19. The number of hydrogen-bond donors (Lipinski definition) is 4. The van der Waals surface area contributed by atoms with Crippen LogP contribution in [0.4, 0.5) is 23.0 Å². The molecule has 146 valence electrons. The molecule has 1 heterocycles. The normalized spacial score (nSPS) is 11.2. The number of fused-ring (bicyclic) bond motifs is 1. The molecule has 0 amide bonds. The lowest BCUT2D eigenvalue weighted by Crippen LogP contribution is -2.16. The van der Waals surface area contributed by atoms with Crippen molar-refractivity contribution in [2.75, 3.05) is 15.5 Å². The van der Waals surface area contributed by atoms with Gasteiger partial charge in [0.15, 0.2) is 11.6 Å². The van der Waals surface area contributed by atoms with E-state index < -0.39 is 10.0 Å². The van der Waals surface area contributed by atoms with Gasteiger partial charge in [-0.15, -0.1) is 0 Å². The Balaban J connectivity index is 1.75. The Bertz CT molecular complexity index is 1250. The highest BCUT2D eigenvalue weighted by molar-refractivity contribution is 7.92. The van der Waals surface area contributed by atoms with Crippen LogP contribution in [0, 0.1) is 0 Å². The van der Waals surface area contributed by atoms with E-state index in [0.717, 1.165) is 5.69 Å². The van der Waals surface area contributed by atoms with Crippen LogP contribution < -0.4 is 15.5 Å². The first-order valence-corrected chi connectivity index (χ1v) is 10.2. The van der Waals surface area contributed by atoms with Crippen LogP contribution in [-0.2, 0) is 10.0 Å². The zero-order valence-electron chi connectivity index (χ0n) is 15.1. The summed E-state index contributed by atoms with van der Waals surface area (Å²) in [5.41, 5.74) is 4.28. The van der Waals surface area contributed by atoms with E-state index in [1.165, 1.54) is 24.3 Å². The van der Waals surface area contributed by atoms with Crippen LogP contribution in [-0.4, -0.2) is 23.6 Å². The molecule has 0 aliphatic heterocycles. The van der Waals surface area contributed by atoms with Crippen molar-refractivity contribution in [3.05, 3.63) is 78.9 Å². The molecule has 0 fully saturated rings. The second kappa shape index (κ2) is 7.74. The monoisotopic (exact) mass is 407 g/mol. The van der Waals surface area contributed by atoms with Crippen LogP contribution in [0.3, 0.4) is 0 Å². The molecular weight excluding hydrogens is 390 g/mol. The number of nitrogens with zero attached hydrogens (tertiary/aromatic N) is 2. The van der Waals surface area contributed by atoms with Gasteiger partial charge in [0.1, 0.15) is 0 Å². The van der Waals surface area contributed by atoms with Gasteiger partial charge in [-0.2, -0.15) is 0 Å². The lowest BCUT2D eigenvalue weighted by atomic mass is 10.3. The summed E-state index contributed by atoms with van der Waals surface area (Å²) in [6.45, 7) is 0. The third kappa shape index (κ3) is 4.10. The van der Waals surface area contributed by atoms with Gasteiger partial charge in [0.2, 0.25) is 0 Å². The number of sulfonamides is 1. The quantitative estimate of drug-likeness (QED) is 0.357. The van der Waals surface area contributed by atoms with Crippen LogP contribution in [0.1, 0.15) is 0 Å². The van der Waals surface area contributed by atoms with Crippen LogP contribution in [0.2, 0.25) is 0 Å². The maximum absolute atomic E-state index is 12.9. The molecule has 9 heteroatoms. The molecule has 0 saturated carbocycles. The van der Waals surface area contributed by atoms with Gasteiger partial charge < -0.3 is 5.32 Å². The smallest absolute Gasteiger partial charge is 0.263 e. The predicted molar refractivity (Wildman–Crippen MR) is 112 cm³/mol. The van der Waals surface area contributed by atoms with E-state index in [2.05, 4.69) is 20.0 Å². The lowest BCUT2D eigenvalue weighted by Gasteiger charge is -2.14. The molecule has 0 radical (unpaired) electrons. The van der Waals surface area contributed by atoms with Gasteiger partial charge in [-0.25, -0.2) is 18.4 Å². The molecule has 29 heavy (non-hydrogen) atoms. The van der Waals surface area contributed by atoms with E-state index in [0.29, 0.717) is 16.7 Å². The van der Waals surface area contributed by atoms with Crippen LogP contribution in [0.15, 0.2) is 83.8 Å². The molecule has 4 rings (SSSR count). The first kappa shape index (κ1) is 18.7. The Morgan fingerprint density at radius 1 is 0.690 bits per heavy atom. The van der Waals surface area contributed by atoms with Gasteiger partial charge in [-0.3, -0.25) is 15.4 Å². The molecule has 0 aliphatic rings. The fourth-order valence-electron chi connectivity index (χ4n) is 2.71. The van der Waals surface area contributed by atoms with Crippen molar-refractivity contribution in [2.24, 2.45) is 0 Å². The largest absolute Gasteiger partial charge is 0.337 e. The maximum Gasteiger partial charge on any atom is 0.263 e. The summed E-state index contributed by atoms with van der Waals surface area (Å²) in [6, 6.07) is 22.1. The highest BCUT2D eigenvalue weighted by Crippen LogP contribution is 2.27. The summed E-state index contributed by atoms with van der Waals surface area (Å²) in [7, 11) is -3.92. The number of aromatic nitrogens is 2. The molecule has 0 spiro atoms. The molecule has 0 saturated heterocycles. The third-order valence-corrected chi connectivity index (χ3v) is 5.49. The highest BCUT2D eigenvalue weighted by atomic mass is 32.2. The van der Waals surface area contributed by atoms with Gasteiger partial charge in [-0.1, -0.05) is 30.3 Å². The zero-order valence-corrected chi connectivity index (χ0v) is 15.9. The minimum absolute atomic E-state index is 0.0251. The van der Waals surface area contributed by atoms with E-state index >= 15 is 0 Å². The van der Waals surface area contributed by atoms with Gasteiger partial charge in [0.25, 0.3) is 10.0 Å². The Hall–Kier alpha value is -3.69. The summed E-state index contributed by atoms with van der Waals surface area (Å²) in [4.78, 5) is 9.01. The van der Waals surface area contributed by atoms with Crippen LogP contribution in [0.25, 0.3) is 11.0 Å². The summed E-state index contributed by atoms with van der Waals surface area (Å²) < 4.78 is 28.2. The first-order valence-electron chi connectivity index (χ1n) is 8.67. The fourth-order valence-corrected chi connectivity index (χ4v) is 3.72. The van der Waals surface area contributed by atoms with Gasteiger partial charge >= 0.3 is 0 Å². The Morgan fingerprint density at radius 3 is 1.90 bits per heavy atom. The zero-order chi connectivity index (χ0) is 20.3. The maximum atomic E-state index is 12.9. The summed E-state index contributed by atoms with van der Waals surface area (Å²) in [6.07, 6.45) is 0. The Morgan fingerprint density at radius 2 is 1.28 bits per heavy atom. The number of rotatable bonds is 6. The van der Waals surface area contributed by atoms with Crippen molar-refractivity contribution in [3.63, 3.8) is 0 Å². The third-order valence-electron chi connectivity index (χ3n) is 4.13. The topological polar surface area (TPSA) is 116 Å². The van der Waals surface area contributed by atoms with Crippen LogP contribution >= 0.6 is 0 Å². The Labute approximate surface area is 167 Å². The van der Waals surface area contributed by atoms with Gasteiger partial charge in [0.05, 0.1) is 21.6 Å². The second-order valence-corrected chi connectivity index (χ2v) is 7.82. The van der Waals surface area contributed by atoms with Crippen molar-refractivity contribution in [2.45, 2.75) is 4.90 Å². The molecule has 0 unspecified atom stereocenters. The molecule has 0 aliphatic carbocycles. The van der Waals surface area contributed by atoms with E-state index in [4.69, 9.17) is 5.21 Å². The molecule has 3 aromatic carbocycles. The van der Waals surface area contributed by atoms with E-state index in [-0.39, 0.29) is 16.5 Å². The number of nitrogens with one attached hydrogen (secondary N) is 3. The van der Waals surface area contributed by atoms with E-state index in [1.807, 2.05) is 41.9 Å². The van der Waals surface area contributed by atoms with Crippen molar-refractivity contribution in [3.8, 4) is 0 Å². The molecule has 1 aromatic heterocycles. The minimum atomic E-state index is -3.92. The molecule has 4 N–H and O–H groups in total. The lowest BCUT2D eigenvalue weighted by molar-refractivity contribution is 0.389. The number of hydrogen-bond acceptors (Lipinski definition) is 7. The van der Waals surface area contributed by atoms with Crippen molar-refractivity contribution >= 4 is 44.1 Å². The van der Waals surface area contributed by atoms with E-state index in [9.17, 15) is 8.42 Å². The average molecular weight is 407 g/mol. The summed E-state index contributed by atoms with van der Waals surface area (Å²) in [5.74, 6) is 0.365. The van der Waals surface area contributed by atoms with Crippen molar-refractivity contribution in [1.82, 2.24) is 9.97 Å². The SMILES string of the molecule is O=S(=O)(Nc1nc2ccccc2nc1Nc1ccccc1)c1ccc(NO)cc1. The van der Waals surface area contributed by atoms with Gasteiger partial charge in [-0.05, 0) is 48.5 Å². The summed E-state index contributed by atoms with van der Waals surface area (Å²) in [5, 5.41) is 12.0. The summed E-state index contributed by atoms with van der Waals surface area (Å²) >= 11 is 0. The predicted octanol–water partition coefficient (Wildman–Crippen LogP) is 3.98. The van der Waals surface area contributed by atoms with Crippen molar-refractivity contribution in [1.29, 1.82) is 0 Å². The number of benzene rings is 3. The molecule has 0 bridgehead atoms. The molecular formula is C20H17N5O3S. The minimum Gasteiger partial charge on any atom is -0.337 e. The molecule has 8 nitrogen and oxygen atoms in total. The van der Waals surface area contributed by atoms with E-state index in [1.54, 1.807) is 18.2 Å². The average Bonchev–Trinajstić information content (AvgIpc) is 2.75. The molecule has 0 atom stereocenters. The second-order valence-electron chi connectivity index (χ2n) is 6.14. The Kier molecular flexibility index (Phi) is 4.98. The van der Waals surface area contributed by atoms with Gasteiger partial charge in [0, 0.05) is 5.69 Å². The fraction of sp³-hybridized carbons (Fsp3) is 0. The van der Waals surface area contributed by atoms with Crippen molar-refractivity contribution < 1.29 is 13.6 Å². The number of para-hydroxylation sites is 3. The number of anilines is 4. The first-order chi connectivity index (χ1) is 14.0. The standard InChI is InChI=1S/C20H17N5O3S/c26-24-15-10-12-16(13-11-15)29(27,28)25-20-19(21-14-6-2-1-3-7-14)22-17-8-4-5-9-18(17)23-20/h1-13,24,26H,(H,21,22)(H,23,25).